The Hall–Kier alpha value is -0.340. The Kier molecular flexibility index (Phi) is 4.81. The number of allylic oxidation sites excluding steroid dienone is 1. The lowest BCUT2D eigenvalue weighted by Gasteiger charge is -2.20. The minimum Gasteiger partial charge on any atom is -0.390 e. The zero-order valence-corrected chi connectivity index (χ0v) is 10.2. The molecule has 0 radical (unpaired) electrons. The van der Waals surface area contributed by atoms with Gasteiger partial charge in [0.2, 0.25) is 0 Å². The Morgan fingerprint density at radius 2 is 2.00 bits per heavy atom. The molecule has 1 heterocycles. The van der Waals surface area contributed by atoms with Crippen LogP contribution in [-0.2, 0) is 4.74 Å². The van der Waals surface area contributed by atoms with Gasteiger partial charge in [0.1, 0.15) is 0 Å². The Labute approximate surface area is 93.3 Å². The van der Waals surface area contributed by atoms with Crippen LogP contribution in [0.5, 0.6) is 0 Å². The summed E-state index contributed by atoms with van der Waals surface area (Å²) in [6.07, 6.45) is 3.85. The highest BCUT2D eigenvalue weighted by molar-refractivity contribution is 4.90. The number of hydrogen-bond acceptors (Lipinski definition) is 2. The molecule has 2 heteroatoms. The van der Waals surface area contributed by atoms with E-state index >= 15 is 0 Å². The molecule has 1 saturated heterocycles. The molecular weight excluding hydrogens is 188 g/mol. The average Bonchev–Trinajstić information content (AvgIpc) is 2.62. The van der Waals surface area contributed by atoms with Crippen molar-refractivity contribution in [2.24, 2.45) is 5.92 Å². The molecule has 2 nitrogen and oxygen atoms in total. The Morgan fingerprint density at radius 1 is 1.40 bits per heavy atom. The van der Waals surface area contributed by atoms with E-state index in [0.29, 0.717) is 12.0 Å². The molecule has 0 aromatic rings. The summed E-state index contributed by atoms with van der Waals surface area (Å²) in [5.74, 6) is 0.559. The van der Waals surface area contributed by atoms with Crippen molar-refractivity contribution >= 4 is 0 Å². The van der Waals surface area contributed by atoms with E-state index < -0.39 is 0 Å². The second-order valence-electron chi connectivity index (χ2n) is 5.10. The SMILES string of the molecule is C=C(C)CC[C@H](O)[C@H]1CC[C@H](C(C)C)O1. The number of aliphatic hydroxyl groups is 1. The van der Waals surface area contributed by atoms with E-state index in [9.17, 15) is 5.11 Å². The van der Waals surface area contributed by atoms with Crippen molar-refractivity contribution in [3.8, 4) is 0 Å². The maximum atomic E-state index is 9.93. The van der Waals surface area contributed by atoms with Crippen LogP contribution >= 0.6 is 0 Å². The topological polar surface area (TPSA) is 29.5 Å². The van der Waals surface area contributed by atoms with Crippen LogP contribution in [0, 0.1) is 5.92 Å². The first kappa shape index (κ1) is 12.7. The lowest BCUT2D eigenvalue weighted by molar-refractivity contribution is -0.0493. The summed E-state index contributed by atoms with van der Waals surface area (Å²) in [7, 11) is 0. The van der Waals surface area contributed by atoms with Crippen molar-refractivity contribution in [1.82, 2.24) is 0 Å². The normalized spacial score (nSPS) is 28.3. The molecule has 0 spiro atoms. The average molecular weight is 212 g/mol. The minimum atomic E-state index is -0.314. The third-order valence-corrected chi connectivity index (χ3v) is 3.12. The predicted octanol–water partition coefficient (Wildman–Crippen LogP) is 2.91. The van der Waals surface area contributed by atoms with Crippen molar-refractivity contribution in [3.63, 3.8) is 0 Å². The highest BCUT2D eigenvalue weighted by Gasteiger charge is 2.31. The molecule has 3 atom stereocenters. The van der Waals surface area contributed by atoms with Crippen molar-refractivity contribution in [3.05, 3.63) is 12.2 Å². The molecule has 0 aromatic heterocycles. The summed E-state index contributed by atoms with van der Waals surface area (Å²) in [5.41, 5.74) is 1.13. The van der Waals surface area contributed by atoms with Gasteiger partial charge in [0, 0.05) is 0 Å². The van der Waals surface area contributed by atoms with Crippen LogP contribution in [0.2, 0.25) is 0 Å². The second-order valence-corrected chi connectivity index (χ2v) is 5.10. The molecule has 0 unspecified atom stereocenters. The molecule has 0 saturated carbocycles. The fraction of sp³-hybridized carbons (Fsp3) is 0.846. The van der Waals surface area contributed by atoms with Gasteiger partial charge in [-0.1, -0.05) is 19.4 Å². The molecule has 1 N–H and O–H groups in total. The van der Waals surface area contributed by atoms with Gasteiger partial charge in [-0.2, -0.15) is 0 Å². The molecular formula is C13H24O2. The molecule has 0 amide bonds. The van der Waals surface area contributed by atoms with Crippen molar-refractivity contribution in [2.45, 2.75) is 64.8 Å². The van der Waals surface area contributed by atoms with E-state index in [2.05, 4.69) is 20.4 Å². The first-order valence-electron chi connectivity index (χ1n) is 5.98. The Morgan fingerprint density at radius 3 is 2.47 bits per heavy atom. The van der Waals surface area contributed by atoms with Crippen molar-refractivity contribution < 1.29 is 9.84 Å². The van der Waals surface area contributed by atoms with E-state index in [1.807, 2.05) is 6.92 Å². The van der Waals surface area contributed by atoms with Gasteiger partial charge in [-0.25, -0.2) is 0 Å². The standard InChI is InChI=1S/C13H24O2/c1-9(2)5-6-11(14)13-8-7-12(15-13)10(3)4/h10-14H,1,5-8H2,2-4H3/t11-,12+,13+/m0/s1. The molecule has 0 bridgehead atoms. The van der Waals surface area contributed by atoms with E-state index in [1.54, 1.807) is 0 Å². The Balaban J connectivity index is 2.30. The summed E-state index contributed by atoms with van der Waals surface area (Å²) in [6, 6.07) is 0. The van der Waals surface area contributed by atoms with Gasteiger partial charge in [-0.15, -0.1) is 6.58 Å². The zero-order valence-electron chi connectivity index (χ0n) is 10.2. The van der Waals surface area contributed by atoms with E-state index in [-0.39, 0.29) is 12.2 Å². The van der Waals surface area contributed by atoms with Crippen LogP contribution in [0.3, 0.4) is 0 Å². The summed E-state index contributed by atoms with van der Waals surface area (Å²) in [6.45, 7) is 10.2. The van der Waals surface area contributed by atoms with E-state index in [4.69, 9.17) is 4.74 Å². The van der Waals surface area contributed by atoms with Crippen molar-refractivity contribution in [2.75, 3.05) is 0 Å². The van der Waals surface area contributed by atoms with Crippen LogP contribution < -0.4 is 0 Å². The summed E-state index contributed by atoms with van der Waals surface area (Å²) < 4.78 is 5.84. The highest BCUT2D eigenvalue weighted by Crippen LogP contribution is 2.28. The number of aliphatic hydroxyl groups excluding tert-OH is 1. The Bertz CT molecular complexity index is 211. The maximum Gasteiger partial charge on any atom is 0.0838 e. The van der Waals surface area contributed by atoms with Gasteiger partial charge < -0.3 is 9.84 Å². The third kappa shape index (κ3) is 3.96. The first-order chi connectivity index (χ1) is 7.00. The molecule has 0 aromatic carbocycles. The van der Waals surface area contributed by atoms with Gasteiger partial charge in [0.15, 0.2) is 0 Å². The van der Waals surface area contributed by atoms with Gasteiger partial charge in [-0.05, 0) is 38.5 Å². The van der Waals surface area contributed by atoms with Crippen LogP contribution in [0.1, 0.15) is 46.5 Å². The minimum absolute atomic E-state index is 0.0525. The van der Waals surface area contributed by atoms with Crippen LogP contribution in [0.25, 0.3) is 0 Å². The molecule has 1 aliphatic rings. The summed E-state index contributed by atoms with van der Waals surface area (Å²) >= 11 is 0. The smallest absolute Gasteiger partial charge is 0.0838 e. The van der Waals surface area contributed by atoms with E-state index in [1.165, 1.54) is 0 Å². The zero-order chi connectivity index (χ0) is 11.4. The largest absolute Gasteiger partial charge is 0.390 e. The molecule has 1 rings (SSSR count). The highest BCUT2D eigenvalue weighted by atomic mass is 16.5. The maximum absolute atomic E-state index is 9.93. The van der Waals surface area contributed by atoms with Crippen molar-refractivity contribution in [1.29, 1.82) is 0 Å². The number of ether oxygens (including phenoxy) is 1. The number of hydrogen-bond donors (Lipinski definition) is 1. The van der Waals surface area contributed by atoms with Gasteiger partial charge in [-0.3, -0.25) is 0 Å². The second kappa shape index (κ2) is 5.66. The number of rotatable bonds is 5. The van der Waals surface area contributed by atoms with E-state index in [0.717, 1.165) is 31.3 Å². The molecule has 1 fully saturated rings. The third-order valence-electron chi connectivity index (χ3n) is 3.12. The van der Waals surface area contributed by atoms with Gasteiger partial charge in [0.25, 0.3) is 0 Å². The fourth-order valence-corrected chi connectivity index (χ4v) is 2.04. The monoisotopic (exact) mass is 212 g/mol. The predicted molar refractivity (Wildman–Crippen MR) is 62.8 cm³/mol. The molecule has 15 heavy (non-hydrogen) atoms. The summed E-state index contributed by atoms with van der Waals surface area (Å²) in [5, 5.41) is 9.93. The van der Waals surface area contributed by atoms with Crippen LogP contribution in [-0.4, -0.2) is 23.4 Å². The lowest BCUT2D eigenvalue weighted by Crippen LogP contribution is -2.27. The molecule has 0 aliphatic carbocycles. The summed E-state index contributed by atoms with van der Waals surface area (Å²) in [4.78, 5) is 0. The quantitative estimate of drug-likeness (QED) is 0.710. The van der Waals surface area contributed by atoms with Gasteiger partial charge in [0.05, 0.1) is 18.3 Å². The van der Waals surface area contributed by atoms with Gasteiger partial charge >= 0.3 is 0 Å². The fourth-order valence-electron chi connectivity index (χ4n) is 2.04. The molecule has 88 valence electrons. The molecule has 1 aliphatic heterocycles. The van der Waals surface area contributed by atoms with Crippen LogP contribution in [0.4, 0.5) is 0 Å². The van der Waals surface area contributed by atoms with Crippen LogP contribution in [0.15, 0.2) is 12.2 Å². The lowest BCUT2D eigenvalue weighted by atomic mass is 10.0. The first-order valence-corrected chi connectivity index (χ1v) is 5.98.